The summed E-state index contributed by atoms with van der Waals surface area (Å²) in [5.74, 6) is -3.24. The van der Waals surface area contributed by atoms with Crippen molar-refractivity contribution in [2.75, 3.05) is 0 Å². The SMILES string of the molecule is CCCCCCCC(=O)N[C@H](CC(N)=O)C(=O)Cc1ccc(COC(=O)Cc2nc(=O)n([C@@H]3O[C@H](C)C(O)[C@@H]3O)cc2F)cc1. The van der Waals surface area contributed by atoms with Crippen LogP contribution in [0.25, 0.3) is 0 Å². The van der Waals surface area contributed by atoms with E-state index in [-0.39, 0.29) is 37.6 Å². The zero-order chi connectivity index (χ0) is 33.1. The van der Waals surface area contributed by atoms with Crippen LogP contribution in [0.5, 0.6) is 0 Å². The molecule has 5 N–H and O–H groups in total. The molecular weight excluding hydrogens is 591 g/mol. The zero-order valence-electron chi connectivity index (χ0n) is 25.4. The third kappa shape index (κ3) is 10.5. The highest BCUT2D eigenvalue weighted by Crippen LogP contribution is 2.28. The molecule has 246 valence electrons. The number of aliphatic hydroxyl groups is 2. The van der Waals surface area contributed by atoms with Crippen LogP contribution >= 0.6 is 0 Å². The van der Waals surface area contributed by atoms with Crippen molar-refractivity contribution in [2.45, 2.75) is 109 Å². The molecular formula is C31H41FN4O9. The summed E-state index contributed by atoms with van der Waals surface area (Å²) in [5, 5.41) is 22.6. The predicted octanol–water partition coefficient (Wildman–Crippen LogP) is 1.14. The minimum Gasteiger partial charge on any atom is -0.461 e. The molecule has 2 aromatic rings. The Balaban J connectivity index is 1.51. The maximum absolute atomic E-state index is 14.7. The summed E-state index contributed by atoms with van der Waals surface area (Å²) in [6.45, 7) is 3.41. The van der Waals surface area contributed by atoms with Gasteiger partial charge >= 0.3 is 11.7 Å². The van der Waals surface area contributed by atoms with Crippen LogP contribution < -0.4 is 16.7 Å². The number of primary amides is 1. The minimum atomic E-state index is -1.47. The second-order valence-electron chi connectivity index (χ2n) is 11.2. The van der Waals surface area contributed by atoms with Gasteiger partial charge in [0.05, 0.1) is 30.7 Å². The molecule has 1 saturated heterocycles. The lowest BCUT2D eigenvalue weighted by atomic mass is 10.00. The van der Waals surface area contributed by atoms with Gasteiger partial charge in [-0.1, -0.05) is 56.9 Å². The van der Waals surface area contributed by atoms with Crippen molar-refractivity contribution >= 4 is 23.6 Å². The lowest BCUT2D eigenvalue weighted by molar-refractivity contribution is -0.144. The van der Waals surface area contributed by atoms with Gasteiger partial charge in [-0.3, -0.25) is 23.7 Å². The van der Waals surface area contributed by atoms with E-state index in [4.69, 9.17) is 15.2 Å². The molecule has 5 atom stereocenters. The largest absolute Gasteiger partial charge is 0.461 e. The predicted molar refractivity (Wildman–Crippen MR) is 158 cm³/mol. The van der Waals surface area contributed by atoms with E-state index < -0.39 is 66.1 Å². The van der Waals surface area contributed by atoms with Crippen LogP contribution in [-0.2, 0) is 48.1 Å². The van der Waals surface area contributed by atoms with E-state index in [0.717, 1.165) is 31.9 Å². The van der Waals surface area contributed by atoms with E-state index in [0.29, 0.717) is 22.1 Å². The first-order valence-corrected chi connectivity index (χ1v) is 15.0. The number of halogens is 1. The molecule has 45 heavy (non-hydrogen) atoms. The van der Waals surface area contributed by atoms with Crippen molar-refractivity contribution in [3.8, 4) is 0 Å². The number of ether oxygens (including phenoxy) is 2. The van der Waals surface area contributed by atoms with Gasteiger partial charge < -0.3 is 30.7 Å². The number of hydrogen-bond donors (Lipinski definition) is 4. The average Bonchev–Trinajstić information content (AvgIpc) is 3.24. The van der Waals surface area contributed by atoms with Crippen LogP contribution in [0, 0.1) is 5.82 Å². The molecule has 2 amide bonds. The average molecular weight is 633 g/mol. The van der Waals surface area contributed by atoms with E-state index in [2.05, 4.69) is 17.2 Å². The number of aromatic nitrogens is 2. The number of hydrogen-bond acceptors (Lipinski definition) is 10. The highest BCUT2D eigenvalue weighted by Gasteiger charge is 2.42. The number of Topliss-reactive ketones (excluding diaryl/α,β-unsaturated/α-hetero) is 1. The van der Waals surface area contributed by atoms with E-state index >= 15 is 0 Å². The van der Waals surface area contributed by atoms with Gasteiger partial charge in [-0.2, -0.15) is 4.98 Å². The second-order valence-corrected chi connectivity index (χ2v) is 11.2. The Bertz CT molecular complexity index is 1400. The summed E-state index contributed by atoms with van der Waals surface area (Å²) in [5.41, 5.74) is 5.03. The van der Waals surface area contributed by atoms with Gasteiger partial charge in [0.15, 0.2) is 17.8 Å². The number of carbonyl (C=O) groups is 4. The van der Waals surface area contributed by atoms with E-state index in [1.165, 1.54) is 6.92 Å². The number of nitrogens with zero attached hydrogens (tertiary/aromatic N) is 2. The van der Waals surface area contributed by atoms with Gasteiger partial charge in [-0.25, -0.2) is 9.18 Å². The van der Waals surface area contributed by atoms with Crippen LogP contribution in [-0.4, -0.2) is 67.7 Å². The van der Waals surface area contributed by atoms with Crippen LogP contribution in [0.3, 0.4) is 0 Å². The summed E-state index contributed by atoms with van der Waals surface area (Å²) >= 11 is 0. The van der Waals surface area contributed by atoms with Gasteiger partial charge in [0, 0.05) is 19.0 Å². The Morgan fingerprint density at radius 3 is 2.36 bits per heavy atom. The zero-order valence-corrected chi connectivity index (χ0v) is 25.4. The van der Waals surface area contributed by atoms with E-state index in [1.807, 2.05) is 0 Å². The standard InChI is InChI=1S/C31H41FN4O9/c1-3-4-5-6-7-8-26(39)34-23(14-25(33)38)24(37)13-19-9-11-20(12-10-19)17-44-27(40)15-22-21(32)16-36(31(43)35-22)30-29(42)28(41)18(2)45-30/h9-12,16,18,23,28-30,41-42H,3-8,13-15,17H2,1-2H3,(H2,33,38)(H,34,39)/t18-,23-,28?,29+,30-/m1/s1. The maximum atomic E-state index is 14.7. The Morgan fingerprint density at radius 2 is 1.73 bits per heavy atom. The van der Waals surface area contributed by atoms with Crippen molar-refractivity contribution in [2.24, 2.45) is 5.73 Å². The first kappa shape index (κ1) is 35.5. The third-order valence-corrected chi connectivity index (χ3v) is 7.48. The molecule has 1 aliphatic heterocycles. The normalized spacial score (nSPS) is 20.0. The molecule has 0 bridgehead atoms. The summed E-state index contributed by atoms with van der Waals surface area (Å²) < 4.78 is 25.9. The Hall–Kier alpha value is -4.01. The van der Waals surface area contributed by atoms with Gasteiger partial charge in [-0.05, 0) is 24.5 Å². The fraction of sp³-hybridized carbons (Fsp3) is 0.548. The Morgan fingerprint density at radius 1 is 1.07 bits per heavy atom. The Kier molecular flexibility index (Phi) is 13.3. The molecule has 1 aromatic heterocycles. The summed E-state index contributed by atoms with van der Waals surface area (Å²) in [7, 11) is 0. The molecule has 0 saturated carbocycles. The molecule has 1 aromatic carbocycles. The number of unbranched alkanes of at least 4 members (excludes halogenated alkanes) is 4. The molecule has 2 heterocycles. The van der Waals surface area contributed by atoms with Crippen molar-refractivity contribution < 1.29 is 43.3 Å². The highest BCUT2D eigenvalue weighted by atomic mass is 19.1. The quantitative estimate of drug-likeness (QED) is 0.145. The smallest absolute Gasteiger partial charge is 0.350 e. The van der Waals surface area contributed by atoms with Crippen molar-refractivity contribution in [3.05, 3.63) is 63.6 Å². The minimum absolute atomic E-state index is 0.0634. The van der Waals surface area contributed by atoms with Crippen molar-refractivity contribution in [1.29, 1.82) is 0 Å². The van der Waals surface area contributed by atoms with Crippen LogP contribution in [0.15, 0.2) is 35.3 Å². The molecule has 0 radical (unpaired) electrons. The number of esters is 1. The van der Waals surface area contributed by atoms with E-state index in [1.54, 1.807) is 24.3 Å². The van der Waals surface area contributed by atoms with Gasteiger partial charge in [0.1, 0.15) is 18.8 Å². The molecule has 1 aliphatic rings. The van der Waals surface area contributed by atoms with Crippen LogP contribution in [0.4, 0.5) is 4.39 Å². The molecule has 13 nitrogen and oxygen atoms in total. The Labute approximate surface area is 259 Å². The lowest BCUT2D eigenvalue weighted by Crippen LogP contribution is -2.44. The molecule has 3 rings (SSSR count). The number of ketones is 1. The summed E-state index contributed by atoms with van der Waals surface area (Å²) in [4.78, 5) is 65.1. The van der Waals surface area contributed by atoms with Crippen molar-refractivity contribution in [3.63, 3.8) is 0 Å². The monoisotopic (exact) mass is 632 g/mol. The number of benzene rings is 1. The number of nitrogens with two attached hydrogens (primary N) is 1. The molecule has 14 heteroatoms. The first-order chi connectivity index (χ1) is 21.4. The third-order valence-electron chi connectivity index (χ3n) is 7.48. The second kappa shape index (κ2) is 16.9. The van der Waals surface area contributed by atoms with Gasteiger partial charge in [-0.15, -0.1) is 0 Å². The summed E-state index contributed by atoms with van der Waals surface area (Å²) in [6.07, 6.45) is -0.0295. The van der Waals surface area contributed by atoms with E-state index in [9.17, 15) is 38.6 Å². The van der Waals surface area contributed by atoms with Crippen LogP contribution in [0.2, 0.25) is 0 Å². The highest BCUT2D eigenvalue weighted by molar-refractivity contribution is 5.93. The molecule has 0 aliphatic carbocycles. The topological polar surface area (TPSA) is 200 Å². The number of aliphatic hydroxyl groups excluding tert-OH is 2. The number of nitrogens with one attached hydrogen (secondary N) is 1. The molecule has 1 unspecified atom stereocenters. The lowest BCUT2D eigenvalue weighted by Gasteiger charge is -2.17. The van der Waals surface area contributed by atoms with Crippen molar-refractivity contribution in [1.82, 2.24) is 14.9 Å². The number of amides is 2. The molecule has 0 spiro atoms. The summed E-state index contributed by atoms with van der Waals surface area (Å²) in [6, 6.07) is 5.48. The molecule has 1 fully saturated rings. The van der Waals surface area contributed by atoms with Crippen LogP contribution in [0.1, 0.15) is 81.8 Å². The maximum Gasteiger partial charge on any atom is 0.350 e. The number of rotatable bonds is 17. The van der Waals surface area contributed by atoms with Gasteiger partial charge in [0.2, 0.25) is 11.8 Å². The van der Waals surface area contributed by atoms with Gasteiger partial charge in [0.25, 0.3) is 0 Å². The first-order valence-electron chi connectivity index (χ1n) is 15.0. The fourth-order valence-electron chi connectivity index (χ4n) is 4.87. The number of carbonyl (C=O) groups excluding carboxylic acids is 4. The fourth-order valence-corrected chi connectivity index (χ4v) is 4.87.